The fourth-order valence-corrected chi connectivity index (χ4v) is 2.87. The van der Waals surface area contributed by atoms with Gasteiger partial charge in [0.15, 0.2) is 5.13 Å². The average molecular weight is 262 g/mol. The molecule has 0 saturated carbocycles. The Kier molecular flexibility index (Phi) is 3.87. The SMILES string of the molecule is COc1ccc(CCc2sc(N)nc2C)cc1C. The van der Waals surface area contributed by atoms with Gasteiger partial charge in [0.25, 0.3) is 0 Å². The Hall–Kier alpha value is -1.55. The van der Waals surface area contributed by atoms with Gasteiger partial charge in [-0.25, -0.2) is 4.98 Å². The minimum atomic E-state index is 0.661. The van der Waals surface area contributed by atoms with Crippen LogP contribution in [0.5, 0.6) is 5.75 Å². The predicted molar refractivity (Wildman–Crippen MR) is 76.4 cm³/mol. The van der Waals surface area contributed by atoms with Crippen molar-refractivity contribution in [3.05, 3.63) is 39.9 Å². The summed E-state index contributed by atoms with van der Waals surface area (Å²) in [5.74, 6) is 0.942. The van der Waals surface area contributed by atoms with Crippen molar-refractivity contribution in [1.82, 2.24) is 4.98 Å². The number of methoxy groups -OCH3 is 1. The van der Waals surface area contributed by atoms with E-state index in [-0.39, 0.29) is 0 Å². The van der Waals surface area contributed by atoms with Crippen LogP contribution in [0.1, 0.15) is 21.7 Å². The van der Waals surface area contributed by atoms with Crippen LogP contribution in [0.3, 0.4) is 0 Å². The topological polar surface area (TPSA) is 48.1 Å². The number of aromatic nitrogens is 1. The maximum absolute atomic E-state index is 5.70. The van der Waals surface area contributed by atoms with Crippen molar-refractivity contribution < 1.29 is 4.74 Å². The van der Waals surface area contributed by atoms with Crippen molar-refractivity contribution in [1.29, 1.82) is 0 Å². The Balaban J connectivity index is 2.06. The number of hydrogen-bond donors (Lipinski definition) is 1. The molecule has 0 saturated heterocycles. The summed E-state index contributed by atoms with van der Waals surface area (Å²) < 4.78 is 5.26. The second-order valence-electron chi connectivity index (χ2n) is 4.36. The summed E-state index contributed by atoms with van der Waals surface area (Å²) in [6, 6.07) is 6.32. The maximum atomic E-state index is 5.70. The van der Waals surface area contributed by atoms with E-state index < -0.39 is 0 Å². The first kappa shape index (κ1) is 12.9. The molecule has 3 nitrogen and oxygen atoms in total. The number of nitrogens with zero attached hydrogens (tertiary/aromatic N) is 1. The molecule has 0 bridgehead atoms. The molecule has 1 aromatic carbocycles. The van der Waals surface area contributed by atoms with E-state index in [1.54, 1.807) is 18.4 Å². The highest BCUT2D eigenvalue weighted by Gasteiger charge is 2.06. The van der Waals surface area contributed by atoms with Gasteiger partial charge in [-0.05, 0) is 43.9 Å². The van der Waals surface area contributed by atoms with Crippen LogP contribution in [-0.4, -0.2) is 12.1 Å². The molecule has 96 valence electrons. The van der Waals surface area contributed by atoms with Crippen molar-refractivity contribution in [3.8, 4) is 5.75 Å². The quantitative estimate of drug-likeness (QED) is 0.921. The summed E-state index contributed by atoms with van der Waals surface area (Å²) in [6.07, 6.45) is 2.00. The van der Waals surface area contributed by atoms with E-state index in [9.17, 15) is 0 Å². The Bertz CT molecular complexity index is 549. The smallest absolute Gasteiger partial charge is 0.180 e. The Labute approximate surface area is 112 Å². The highest BCUT2D eigenvalue weighted by atomic mass is 32.1. The molecule has 0 aliphatic heterocycles. The normalized spacial score (nSPS) is 10.6. The second kappa shape index (κ2) is 5.40. The lowest BCUT2D eigenvalue weighted by molar-refractivity contribution is 0.411. The van der Waals surface area contributed by atoms with Crippen LogP contribution in [-0.2, 0) is 12.8 Å². The third kappa shape index (κ3) is 2.82. The van der Waals surface area contributed by atoms with Gasteiger partial charge in [-0.15, -0.1) is 11.3 Å². The minimum Gasteiger partial charge on any atom is -0.496 e. The third-order valence-electron chi connectivity index (χ3n) is 3.01. The monoisotopic (exact) mass is 262 g/mol. The number of aryl methyl sites for hydroxylation is 4. The molecule has 0 radical (unpaired) electrons. The predicted octanol–water partition coefficient (Wildman–Crippen LogP) is 3.14. The largest absolute Gasteiger partial charge is 0.496 e. The molecule has 0 unspecified atom stereocenters. The molecular weight excluding hydrogens is 244 g/mol. The first-order valence-electron chi connectivity index (χ1n) is 5.95. The summed E-state index contributed by atoms with van der Waals surface area (Å²) in [4.78, 5) is 5.52. The average Bonchev–Trinajstić information content (AvgIpc) is 2.65. The van der Waals surface area contributed by atoms with Crippen LogP contribution < -0.4 is 10.5 Å². The van der Waals surface area contributed by atoms with E-state index >= 15 is 0 Å². The zero-order valence-corrected chi connectivity index (χ0v) is 11.8. The van der Waals surface area contributed by atoms with Gasteiger partial charge in [0.1, 0.15) is 5.75 Å². The van der Waals surface area contributed by atoms with Crippen LogP contribution in [0.15, 0.2) is 18.2 Å². The van der Waals surface area contributed by atoms with Gasteiger partial charge in [0.2, 0.25) is 0 Å². The highest BCUT2D eigenvalue weighted by Crippen LogP contribution is 2.23. The third-order valence-corrected chi connectivity index (χ3v) is 4.06. The lowest BCUT2D eigenvalue weighted by Crippen LogP contribution is -1.93. The molecule has 2 rings (SSSR count). The van der Waals surface area contributed by atoms with Crippen molar-refractivity contribution in [2.24, 2.45) is 0 Å². The van der Waals surface area contributed by atoms with Crippen LogP contribution >= 0.6 is 11.3 Å². The number of nitrogens with two attached hydrogens (primary N) is 1. The maximum Gasteiger partial charge on any atom is 0.180 e. The Morgan fingerprint density at radius 2 is 2.06 bits per heavy atom. The molecule has 2 N–H and O–H groups in total. The van der Waals surface area contributed by atoms with Gasteiger partial charge in [-0.1, -0.05) is 12.1 Å². The van der Waals surface area contributed by atoms with Crippen LogP contribution in [0.2, 0.25) is 0 Å². The van der Waals surface area contributed by atoms with Gasteiger partial charge in [-0.3, -0.25) is 0 Å². The van der Waals surface area contributed by atoms with Crippen molar-refractivity contribution in [2.75, 3.05) is 12.8 Å². The molecule has 1 aromatic heterocycles. The molecule has 0 aliphatic rings. The summed E-state index contributed by atoms with van der Waals surface area (Å²) in [7, 11) is 1.70. The molecule has 0 amide bonds. The van der Waals surface area contributed by atoms with Crippen LogP contribution in [0.4, 0.5) is 5.13 Å². The van der Waals surface area contributed by atoms with Gasteiger partial charge >= 0.3 is 0 Å². The summed E-state index contributed by atoms with van der Waals surface area (Å²) in [6.45, 7) is 4.08. The number of hydrogen-bond acceptors (Lipinski definition) is 4. The highest BCUT2D eigenvalue weighted by molar-refractivity contribution is 7.15. The summed E-state index contributed by atoms with van der Waals surface area (Å²) in [5.41, 5.74) is 9.25. The number of thiazole rings is 1. The fourth-order valence-electron chi connectivity index (χ4n) is 2.04. The summed E-state index contributed by atoms with van der Waals surface area (Å²) in [5, 5.41) is 0.661. The Morgan fingerprint density at radius 3 is 2.61 bits per heavy atom. The number of rotatable bonds is 4. The van der Waals surface area contributed by atoms with Crippen molar-refractivity contribution >= 4 is 16.5 Å². The van der Waals surface area contributed by atoms with Gasteiger partial charge in [-0.2, -0.15) is 0 Å². The standard InChI is InChI=1S/C14H18N2OS/c1-9-8-11(4-6-12(9)17-3)5-7-13-10(2)16-14(15)18-13/h4,6,8H,5,7H2,1-3H3,(H2,15,16). The van der Waals surface area contributed by atoms with Gasteiger partial charge in [0, 0.05) is 4.88 Å². The molecule has 4 heteroatoms. The Morgan fingerprint density at radius 1 is 1.28 bits per heavy atom. The molecule has 2 aromatic rings. The van der Waals surface area contributed by atoms with Crippen molar-refractivity contribution in [2.45, 2.75) is 26.7 Å². The van der Waals surface area contributed by atoms with E-state index in [0.29, 0.717) is 5.13 Å². The second-order valence-corrected chi connectivity index (χ2v) is 5.48. The molecule has 0 atom stereocenters. The zero-order valence-electron chi connectivity index (χ0n) is 11.0. The summed E-state index contributed by atoms with van der Waals surface area (Å²) >= 11 is 1.59. The molecule has 1 heterocycles. The number of anilines is 1. The lowest BCUT2D eigenvalue weighted by Gasteiger charge is -2.07. The van der Waals surface area contributed by atoms with Crippen molar-refractivity contribution in [3.63, 3.8) is 0 Å². The van der Waals surface area contributed by atoms with E-state index in [0.717, 1.165) is 24.3 Å². The number of ether oxygens (including phenoxy) is 1. The van der Waals surface area contributed by atoms with E-state index in [1.807, 2.05) is 13.0 Å². The van der Waals surface area contributed by atoms with Crippen LogP contribution in [0.25, 0.3) is 0 Å². The van der Waals surface area contributed by atoms with E-state index in [4.69, 9.17) is 10.5 Å². The molecule has 0 aliphatic carbocycles. The molecule has 0 fully saturated rings. The zero-order chi connectivity index (χ0) is 13.1. The molecule has 0 spiro atoms. The van der Waals surface area contributed by atoms with Crippen LogP contribution in [0, 0.1) is 13.8 Å². The molecule has 18 heavy (non-hydrogen) atoms. The minimum absolute atomic E-state index is 0.661. The lowest BCUT2D eigenvalue weighted by atomic mass is 10.1. The number of benzene rings is 1. The number of nitrogen functional groups attached to an aromatic ring is 1. The first-order valence-corrected chi connectivity index (χ1v) is 6.77. The van der Waals surface area contributed by atoms with Gasteiger partial charge in [0.05, 0.1) is 12.8 Å². The molecular formula is C14H18N2OS. The van der Waals surface area contributed by atoms with Gasteiger partial charge < -0.3 is 10.5 Å². The van der Waals surface area contributed by atoms with E-state index in [2.05, 4.69) is 24.0 Å². The first-order chi connectivity index (χ1) is 8.60. The van der Waals surface area contributed by atoms with E-state index in [1.165, 1.54) is 16.0 Å². The fraction of sp³-hybridized carbons (Fsp3) is 0.357.